The smallest absolute Gasteiger partial charge is 0.319 e. The maximum absolute atomic E-state index is 12.9. The number of urea groups is 1. The van der Waals surface area contributed by atoms with E-state index in [0.29, 0.717) is 29.2 Å². The summed E-state index contributed by atoms with van der Waals surface area (Å²) < 4.78 is 0. The lowest BCUT2D eigenvalue weighted by molar-refractivity contribution is -0.136. The van der Waals surface area contributed by atoms with Crippen molar-refractivity contribution in [1.29, 1.82) is 0 Å². The summed E-state index contributed by atoms with van der Waals surface area (Å²) in [6, 6.07) is 7.63. The number of anilines is 1. The first-order valence-corrected chi connectivity index (χ1v) is 10.8. The summed E-state index contributed by atoms with van der Waals surface area (Å²) in [4.78, 5) is 50.2. The number of aryl methyl sites for hydroxylation is 1. The predicted molar refractivity (Wildman–Crippen MR) is 120 cm³/mol. The molecule has 0 aromatic heterocycles. The first-order chi connectivity index (χ1) is 15.2. The highest BCUT2D eigenvalue weighted by Crippen LogP contribution is 2.32. The molecule has 2 aromatic rings. The Labute approximate surface area is 194 Å². The van der Waals surface area contributed by atoms with E-state index in [9.17, 15) is 19.2 Å². The topological polar surface area (TPSA) is 108 Å². The fourth-order valence-electron chi connectivity index (χ4n) is 3.80. The van der Waals surface area contributed by atoms with Gasteiger partial charge in [-0.05, 0) is 42.2 Å². The molecule has 1 saturated heterocycles. The summed E-state index contributed by atoms with van der Waals surface area (Å²) in [6.45, 7) is 2.30. The number of amides is 5. The predicted octanol–water partition coefficient (Wildman–Crippen LogP) is 3.38. The van der Waals surface area contributed by atoms with Crippen LogP contribution in [0, 0.1) is 6.92 Å². The zero-order valence-electron chi connectivity index (χ0n) is 17.1. The number of imide groups is 1. The Balaban J connectivity index is 1.40. The van der Waals surface area contributed by atoms with Gasteiger partial charge in [-0.2, -0.15) is 0 Å². The van der Waals surface area contributed by atoms with Crippen molar-refractivity contribution in [2.75, 3.05) is 5.32 Å². The SMILES string of the molecule is Cc1ccc(NC(=O)NCc2ccc3c(c2)C(=O)N(C2CCC(=O)NC2=O)C3)c(Cl)c1Cl. The Bertz CT molecular complexity index is 1150. The normalized spacial score (nSPS) is 17.8. The lowest BCUT2D eigenvalue weighted by atomic mass is 10.0. The lowest BCUT2D eigenvalue weighted by Crippen LogP contribution is -2.52. The van der Waals surface area contributed by atoms with E-state index in [2.05, 4.69) is 16.0 Å². The molecule has 3 N–H and O–H groups in total. The van der Waals surface area contributed by atoms with Gasteiger partial charge in [-0.15, -0.1) is 0 Å². The van der Waals surface area contributed by atoms with Crippen LogP contribution in [0.1, 0.15) is 39.9 Å². The standard InChI is InChI=1S/C22H20Cl2N4O4/c1-11-2-5-15(19(24)18(11)23)26-22(32)25-9-12-3-4-13-10-28(21(31)14(13)8-12)16-6-7-17(29)27-20(16)30/h2-5,8,16H,6-7,9-10H2,1H3,(H2,25,26,32)(H,27,29,30). The van der Waals surface area contributed by atoms with Crippen LogP contribution in [0.15, 0.2) is 30.3 Å². The minimum absolute atomic E-state index is 0.183. The summed E-state index contributed by atoms with van der Waals surface area (Å²) >= 11 is 12.3. The highest BCUT2D eigenvalue weighted by atomic mass is 35.5. The van der Waals surface area contributed by atoms with Gasteiger partial charge < -0.3 is 15.5 Å². The van der Waals surface area contributed by atoms with Gasteiger partial charge in [-0.25, -0.2) is 4.79 Å². The molecule has 32 heavy (non-hydrogen) atoms. The highest BCUT2D eigenvalue weighted by Gasteiger charge is 2.39. The van der Waals surface area contributed by atoms with Crippen LogP contribution in [-0.2, 0) is 22.7 Å². The molecule has 0 bridgehead atoms. The van der Waals surface area contributed by atoms with Gasteiger partial charge in [0.1, 0.15) is 6.04 Å². The van der Waals surface area contributed by atoms with Crippen LogP contribution >= 0.6 is 23.2 Å². The van der Waals surface area contributed by atoms with E-state index in [-0.39, 0.29) is 29.8 Å². The highest BCUT2D eigenvalue weighted by molar-refractivity contribution is 6.44. The molecule has 0 aliphatic carbocycles. The van der Waals surface area contributed by atoms with Crippen LogP contribution in [0.5, 0.6) is 0 Å². The largest absolute Gasteiger partial charge is 0.334 e. The van der Waals surface area contributed by atoms with E-state index in [1.165, 1.54) is 4.90 Å². The van der Waals surface area contributed by atoms with Crippen LogP contribution < -0.4 is 16.0 Å². The molecule has 0 spiro atoms. The molecule has 4 rings (SSSR count). The van der Waals surface area contributed by atoms with Crippen molar-refractivity contribution in [3.05, 3.63) is 62.6 Å². The van der Waals surface area contributed by atoms with E-state index in [4.69, 9.17) is 23.2 Å². The number of fused-ring (bicyclic) bond motifs is 1. The second kappa shape index (κ2) is 8.80. The van der Waals surface area contributed by atoms with Crippen LogP contribution in [-0.4, -0.2) is 34.7 Å². The second-order valence-electron chi connectivity index (χ2n) is 7.76. The average molecular weight is 475 g/mol. The third kappa shape index (κ3) is 4.28. The fourth-order valence-corrected chi connectivity index (χ4v) is 4.23. The zero-order valence-corrected chi connectivity index (χ0v) is 18.6. The third-order valence-electron chi connectivity index (χ3n) is 5.57. The molecule has 2 heterocycles. The van der Waals surface area contributed by atoms with E-state index < -0.39 is 18.0 Å². The summed E-state index contributed by atoms with van der Waals surface area (Å²) in [7, 11) is 0. The van der Waals surface area contributed by atoms with Gasteiger partial charge in [0.25, 0.3) is 5.91 Å². The van der Waals surface area contributed by atoms with Crippen molar-refractivity contribution in [2.24, 2.45) is 0 Å². The van der Waals surface area contributed by atoms with E-state index in [1.807, 2.05) is 19.1 Å². The Morgan fingerprint density at radius 2 is 1.94 bits per heavy atom. The molecule has 2 aliphatic heterocycles. The van der Waals surface area contributed by atoms with Crippen molar-refractivity contribution in [1.82, 2.24) is 15.5 Å². The second-order valence-corrected chi connectivity index (χ2v) is 8.51. The van der Waals surface area contributed by atoms with Gasteiger partial charge in [-0.3, -0.25) is 19.7 Å². The van der Waals surface area contributed by atoms with Gasteiger partial charge in [0.15, 0.2) is 0 Å². The molecular formula is C22H20Cl2N4O4. The molecule has 2 aromatic carbocycles. The number of hydrogen-bond donors (Lipinski definition) is 3. The number of nitrogens with one attached hydrogen (secondary N) is 3. The summed E-state index contributed by atoms with van der Waals surface area (Å²) in [5.41, 5.74) is 3.21. The van der Waals surface area contributed by atoms with Crippen molar-refractivity contribution in [3.63, 3.8) is 0 Å². The first-order valence-electron chi connectivity index (χ1n) is 10.0. The Hall–Kier alpha value is -3.10. The Morgan fingerprint density at radius 3 is 2.69 bits per heavy atom. The minimum Gasteiger partial charge on any atom is -0.334 e. The van der Waals surface area contributed by atoms with E-state index in [1.54, 1.807) is 18.2 Å². The Kier molecular flexibility index (Phi) is 6.08. The summed E-state index contributed by atoms with van der Waals surface area (Å²) in [6.07, 6.45) is 0.515. The first kappa shape index (κ1) is 22.1. The molecule has 0 saturated carbocycles. The number of carbonyl (C=O) groups is 4. The molecule has 1 unspecified atom stereocenters. The molecule has 5 amide bonds. The number of carbonyl (C=O) groups excluding carboxylic acids is 4. The van der Waals surface area contributed by atoms with E-state index >= 15 is 0 Å². The maximum Gasteiger partial charge on any atom is 0.319 e. The number of hydrogen-bond acceptors (Lipinski definition) is 4. The summed E-state index contributed by atoms with van der Waals surface area (Å²) in [5.74, 6) is -1.03. The van der Waals surface area contributed by atoms with Crippen molar-refractivity contribution in [3.8, 4) is 0 Å². The van der Waals surface area contributed by atoms with Crippen LogP contribution in [0.2, 0.25) is 10.0 Å². The molecule has 1 atom stereocenters. The summed E-state index contributed by atoms with van der Waals surface area (Å²) in [5, 5.41) is 8.30. The average Bonchev–Trinajstić information content (AvgIpc) is 3.08. The number of halogens is 2. The number of benzene rings is 2. The number of rotatable bonds is 4. The molecule has 8 nitrogen and oxygen atoms in total. The van der Waals surface area contributed by atoms with Crippen LogP contribution in [0.3, 0.4) is 0 Å². The van der Waals surface area contributed by atoms with E-state index in [0.717, 1.165) is 16.7 Å². The van der Waals surface area contributed by atoms with Gasteiger partial charge in [0, 0.05) is 25.1 Å². The van der Waals surface area contributed by atoms with Crippen molar-refractivity contribution in [2.45, 2.75) is 38.9 Å². The number of piperidine rings is 1. The van der Waals surface area contributed by atoms with Crippen molar-refractivity contribution >= 4 is 52.6 Å². The monoisotopic (exact) mass is 474 g/mol. The molecule has 0 radical (unpaired) electrons. The molecule has 2 aliphatic rings. The lowest BCUT2D eigenvalue weighted by Gasteiger charge is -2.29. The van der Waals surface area contributed by atoms with Crippen LogP contribution in [0.25, 0.3) is 0 Å². The van der Waals surface area contributed by atoms with Crippen LogP contribution in [0.4, 0.5) is 10.5 Å². The van der Waals surface area contributed by atoms with Gasteiger partial charge in [-0.1, -0.05) is 41.4 Å². The zero-order chi connectivity index (χ0) is 23.0. The minimum atomic E-state index is -0.661. The molecule has 10 heteroatoms. The van der Waals surface area contributed by atoms with Gasteiger partial charge in [0.05, 0.1) is 15.7 Å². The van der Waals surface area contributed by atoms with Gasteiger partial charge in [0.2, 0.25) is 11.8 Å². The molecular weight excluding hydrogens is 455 g/mol. The quantitative estimate of drug-likeness (QED) is 0.590. The fraction of sp³-hybridized carbons (Fsp3) is 0.273. The Morgan fingerprint density at radius 1 is 1.16 bits per heavy atom. The van der Waals surface area contributed by atoms with Gasteiger partial charge >= 0.3 is 6.03 Å². The third-order valence-corrected chi connectivity index (χ3v) is 6.55. The van der Waals surface area contributed by atoms with Crippen molar-refractivity contribution < 1.29 is 19.2 Å². The molecule has 1 fully saturated rings. The number of nitrogens with zero attached hydrogens (tertiary/aromatic N) is 1. The maximum atomic E-state index is 12.9. The molecule has 166 valence electrons.